The molecule has 3 fully saturated rings. The van der Waals surface area contributed by atoms with Crippen LogP contribution in [0.2, 0.25) is 0 Å². The second-order valence-electron chi connectivity index (χ2n) is 18.6. The first-order chi connectivity index (χ1) is 23.9. The van der Waals surface area contributed by atoms with Crippen LogP contribution in [0.25, 0.3) is 0 Å². The third kappa shape index (κ3) is 9.50. The van der Waals surface area contributed by atoms with Crippen molar-refractivity contribution in [3.8, 4) is 0 Å². The van der Waals surface area contributed by atoms with Crippen molar-refractivity contribution >= 4 is 11.8 Å². The number of ether oxygens (including phenoxy) is 1. The largest absolute Gasteiger partial charge is 0.459 e. The minimum absolute atomic E-state index is 0.104. The van der Waals surface area contributed by atoms with Gasteiger partial charge in [-0.1, -0.05) is 97.8 Å². The van der Waals surface area contributed by atoms with Gasteiger partial charge in [0.1, 0.15) is 11.7 Å². The summed E-state index contributed by atoms with van der Waals surface area (Å²) in [5.41, 5.74) is -4.49. The fourth-order valence-corrected chi connectivity index (χ4v) is 11.0. The van der Waals surface area contributed by atoms with Crippen LogP contribution in [0.4, 0.5) is 0 Å². The summed E-state index contributed by atoms with van der Waals surface area (Å²) in [5.74, 6) is -1.38. The van der Waals surface area contributed by atoms with Crippen molar-refractivity contribution in [3.05, 3.63) is 11.6 Å². The number of unbranched alkanes of at least 4 members (excludes halogenated alkanes) is 12. The van der Waals surface area contributed by atoms with E-state index >= 15 is 0 Å². The van der Waals surface area contributed by atoms with Gasteiger partial charge in [0.2, 0.25) is 0 Å². The van der Waals surface area contributed by atoms with Crippen molar-refractivity contribution in [2.75, 3.05) is 0 Å². The normalized spacial score (nSPS) is 35.3. The fraction of sp³-hybridized carbons (Fsp3) is 0.907. The number of allylic oxidation sites excluding steroid dienone is 1. The van der Waals surface area contributed by atoms with Gasteiger partial charge in [-0.2, -0.15) is 0 Å². The van der Waals surface area contributed by atoms with Crippen LogP contribution in [0.3, 0.4) is 0 Å². The molecule has 0 radical (unpaired) electrons. The molecule has 0 amide bonds. The van der Waals surface area contributed by atoms with E-state index in [1.165, 1.54) is 64.2 Å². The van der Waals surface area contributed by atoms with Gasteiger partial charge in [-0.15, -0.1) is 0 Å². The molecular formula is C43H74O8. The SMILES string of the molecule is CCCCCCCCCCCCCCCC(=O)O[C@H](CCC(C)(C)O)[C@](C)(O)[C@H]1CC[C@@]2(O)C3=CC(=O)[C@@H]4C[C@@H](O)[C@@H](O)C[C@]4(C)[C@H]3CC[C@]12C. The van der Waals surface area contributed by atoms with Crippen LogP contribution < -0.4 is 0 Å². The zero-order chi connectivity index (χ0) is 37.7. The number of aliphatic hydroxyl groups excluding tert-OH is 2. The molecule has 0 aromatic heterocycles. The van der Waals surface area contributed by atoms with Crippen molar-refractivity contribution in [3.63, 3.8) is 0 Å². The molecule has 8 nitrogen and oxygen atoms in total. The third-order valence-corrected chi connectivity index (χ3v) is 14.3. The molecule has 0 aromatic rings. The first-order valence-corrected chi connectivity index (χ1v) is 20.9. The maximum Gasteiger partial charge on any atom is 0.306 e. The average Bonchev–Trinajstić information content (AvgIpc) is 3.34. The van der Waals surface area contributed by atoms with E-state index in [0.29, 0.717) is 44.1 Å². The Labute approximate surface area is 309 Å². The number of hydrogen-bond donors (Lipinski definition) is 5. The van der Waals surface area contributed by atoms with Gasteiger partial charge in [0.05, 0.1) is 23.4 Å². The van der Waals surface area contributed by atoms with Crippen molar-refractivity contribution in [2.45, 2.75) is 218 Å². The topological polar surface area (TPSA) is 145 Å². The maximum atomic E-state index is 13.6. The van der Waals surface area contributed by atoms with Crippen molar-refractivity contribution < 1.29 is 39.9 Å². The fourth-order valence-electron chi connectivity index (χ4n) is 11.0. The molecule has 4 aliphatic rings. The van der Waals surface area contributed by atoms with Crippen molar-refractivity contribution in [2.24, 2.45) is 28.6 Å². The molecule has 10 atom stereocenters. The summed E-state index contributed by atoms with van der Waals surface area (Å²) >= 11 is 0. The number of fused-ring (bicyclic) bond motifs is 5. The summed E-state index contributed by atoms with van der Waals surface area (Å²) in [6, 6.07) is 0. The molecule has 8 heteroatoms. The zero-order valence-electron chi connectivity index (χ0n) is 33.1. The van der Waals surface area contributed by atoms with Crippen molar-refractivity contribution in [1.82, 2.24) is 0 Å². The Kier molecular flexibility index (Phi) is 14.5. The predicted molar refractivity (Wildman–Crippen MR) is 201 cm³/mol. The third-order valence-electron chi connectivity index (χ3n) is 14.3. The van der Waals surface area contributed by atoms with Crippen LogP contribution >= 0.6 is 0 Å². The lowest BCUT2D eigenvalue weighted by atomic mass is 9.45. The van der Waals surface area contributed by atoms with E-state index in [1.54, 1.807) is 26.8 Å². The summed E-state index contributed by atoms with van der Waals surface area (Å²) in [7, 11) is 0. The second kappa shape index (κ2) is 17.4. The molecule has 0 saturated heterocycles. The Morgan fingerprint density at radius 2 is 1.43 bits per heavy atom. The molecule has 5 N–H and O–H groups in total. The maximum absolute atomic E-state index is 13.6. The number of aliphatic hydroxyl groups is 5. The van der Waals surface area contributed by atoms with E-state index in [4.69, 9.17) is 4.74 Å². The second-order valence-corrected chi connectivity index (χ2v) is 18.6. The molecule has 51 heavy (non-hydrogen) atoms. The molecule has 4 aliphatic carbocycles. The van der Waals surface area contributed by atoms with E-state index < -0.39 is 57.8 Å². The molecule has 4 rings (SSSR count). The average molecular weight is 719 g/mol. The number of carbonyl (C=O) groups excluding carboxylic acids is 2. The van der Waals surface area contributed by atoms with Gasteiger partial charge in [0.25, 0.3) is 0 Å². The first-order valence-electron chi connectivity index (χ1n) is 20.9. The smallest absolute Gasteiger partial charge is 0.306 e. The summed E-state index contributed by atoms with van der Waals surface area (Å²) in [6.07, 6.45) is 18.4. The van der Waals surface area contributed by atoms with Gasteiger partial charge in [-0.25, -0.2) is 0 Å². The van der Waals surface area contributed by atoms with Crippen LogP contribution in [-0.2, 0) is 14.3 Å². The van der Waals surface area contributed by atoms with E-state index in [0.717, 1.165) is 19.3 Å². The molecule has 0 aliphatic heterocycles. The zero-order valence-corrected chi connectivity index (χ0v) is 33.1. The highest BCUT2D eigenvalue weighted by Crippen LogP contribution is 2.68. The van der Waals surface area contributed by atoms with Crippen LogP contribution in [-0.4, -0.2) is 72.4 Å². The lowest BCUT2D eigenvalue weighted by molar-refractivity contribution is -0.194. The van der Waals surface area contributed by atoms with E-state index in [2.05, 4.69) is 6.92 Å². The van der Waals surface area contributed by atoms with Gasteiger partial charge in [0.15, 0.2) is 5.78 Å². The highest BCUT2D eigenvalue weighted by Gasteiger charge is 2.69. The number of hydrogen-bond acceptors (Lipinski definition) is 8. The Morgan fingerprint density at radius 3 is 2.00 bits per heavy atom. The standard InChI is InChI=1S/C43H74O8/c1-7-8-9-10-11-12-13-14-15-16-17-18-19-20-38(47)51-37(23-24-39(2,3)48)42(6,49)36-22-26-43(50)31-27-33(44)32-28-34(45)35(46)29-40(32,4)30(31)21-25-41(36,43)5/h27,30,32,34-37,45-46,48-50H,7-26,28-29H2,1-6H3/t30-,32-,34+,35-,36-,37+,40+,41+,42+,43+/m0/s1. The Bertz CT molecular complexity index is 1190. The summed E-state index contributed by atoms with van der Waals surface area (Å²) in [5, 5.41) is 56.8. The quantitative estimate of drug-likeness (QED) is 0.0632. The van der Waals surface area contributed by atoms with Gasteiger partial charge in [-0.3, -0.25) is 9.59 Å². The van der Waals surface area contributed by atoms with Gasteiger partial charge in [-0.05, 0) is 107 Å². The highest BCUT2D eigenvalue weighted by atomic mass is 16.6. The van der Waals surface area contributed by atoms with E-state index in [-0.39, 0.29) is 36.9 Å². The van der Waals surface area contributed by atoms with Crippen LogP contribution in [0.5, 0.6) is 0 Å². The van der Waals surface area contributed by atoms with Crippen LogP contribution in [0.15, 0.2) is 11.6 Å². The monoisotopic (exact) mass is 719 g/mol. The number of carbonyl (C=O) groups is 2. The Morgan fingerprint density at radius 1 is 0.863 bits per heavy atom. The lowest BCUT2D eigenvalue weighted by Gasteiger charge is -2.60. The summed E-state index contributed by atoms with van der Waals surface area (Å²) in [6.45, 7) is 11.4. The summed E-state index contributed by atoms with van der Waals surface area (Å²) < 4.78 is 6.12. The molecule has 0 spiro atoms. The molecule has 294 valence electrons. The van der Waals surface area contributed by atoms with E-state index in [1.807, 2.05) is 13.8 Å². The molecule has 0 aromatic carbocycles. The Balaban J connectivity index is 1.37. The minimum Gasteiger partial charge on any atom is -0.459 e. The molecular weight excluding hydrogens is 644 g/mol. The Hall–Kier alpha value is -1.32. The number of ketones is 1. The van der Waals surface area contributed by atoms with E-state index in [9.17, 15) is 35.1 Å². The van der Waals surface area contributed by atoms with Crippen molar-refractivity contribution in [1.29, 1.82) is 0 Å². The number of esters is 1. The van der Waals surface area contributed by atoms with Gasteiger partial charge in [0, 0.05) is 17.8 Å². The molecule has 0 unspecified atom stereocenters. The minimum atomic E-state index is -1.49. The molecule has 0 bridgehead atoms. The number of rotatable bonds is 20. The van der Waals surface area contributed by atoms with Gasteiger partial charge >= 0.3 is 5.97 Å². The first kappa shape index (κ1) is 42.4. The molecule has 0 heterocycles. The van der Waals surface area contributed by atoms with Crippen LogP contribution in [0.1, 0.15) is 183 Å². The summed E-state index contributed by atoms with van der Waals surface area (Å²) in [4.78, 5) is 26.9. The lowest BCUT2D eigenvalue weighted by Crippen LogP contribution is -2.63. The van der Waals surface area contributed by atoms with Gasteiger partial charge < -0.3 is 30.3 Å². The predicted octanol–water partition coefficient (Wildman–Crippen LogP) is 7.89. The highest BCUT2D eigenvalue weighted by molar-refractivity contribution is 5.95. The molecule has 3 saturated carbocycles. The van der Waals surface area contributed by atoms with Crippen LogP contribution in [0, 0.1) is 28.6 Å².